The number of hydrogen-bond donors (Lipinski definition) is 0. The molecule has 2 unspecified atom stereocenters. The molecule has 0 amide bonds. The van der Waals surface area contributed by atoms with E-state index in [1.807, 2.05) is 93.6 Å². The molecule has 1 aromatic heterocycles. The zero-order valence-electron chi connectivity index (χ0n) is 21.8. The number of carbonyl (C=O) groups excluding carboxylic acids is 1. The number of aromatic nitrogens is 1. The van der Waals surface area contributed by atoms with Gasteiger partial charge in [0, 0.05) is 5.56 Å². The molecule has 5 rings (SSSR count). The van der Waals surface area contributed by atoms with Crippen molar-refractivity contribution in [2.24, 2.45) is 0 Å². The van der Waals surface area contributed by atoms with Crippen molar-refractivity contribution in [3.63, 3.8) is 0 Å². The lowest BCUT2D eigenvalue weighted by atomic mass is 9.93. The van der Waals surface area contributed by atoms with Crippen molar-refractivity contribution in [2.75, 3.05) is 12.9 Å². The summed E-state index contributed by atoms with van der Waals surface area (Å²) in [5, 5.41) is 3.95. The molecule has 0 aliphatic heterocycles. The Labute approximate surface area is 222 Å². The van der Waals surface area contributed by atoms with Crippen LogP contribution in [0.3, 0.4) is 0 Å². The number of benzene rings is 3. The van der Waals surface area contributed by atoms with Crippen molar-refractivity contribution in [3.8, 4) is 22.5 Å². The lowest BCUT2D eigenvalue weighted by Crippen LogP contribution is -2.23. The largest absolute Gasteiger partial charge is 0.616 e. The first-order chi connectivity index (χ1) is 17.9. The van der Waals surface area contributed by atoms with E-state index in [0.717, 1.165) is 46.4 Å². The van der Waals surface area contributed by atoms with E-state index in [-0.39, 0.29) is 11.2 Å². The highest BCUT2D eigenvalue weighted by Crippen LogP contribution is 2.49. The molecule has 6 heteroatoms. The maximum absolute atomic E-state index is 12.3. The molecule has 0 saturated heterocycles. The molecule has 37 heavy (non-hydrogen) atoms. The van der Waals surface area contributed by atoms with Crippen molar-refractivity contribution >= 4 is 17.1 Å². The van der Waals surface area contributed by atoms with Gasteiger partial charge in [0.05, 0.1) is 29.5 Å². The van der Waals surface area contributed by atoms with Crippen LogP contribution >= 0.6 is 0 Å². The second-order valence-electron chi connectivity index (χ2n) is 9.26. The van der Waals surface area contributed by atoms with E-state index in [0.29, 0.717) is 12.4 Å². The number of hydrogen-bond acceptors (Lipinski definition) is 5. The van der Waals surface area contributed by atoms with Crippen molar-refractivity contribution < 1.29 is 18.6 Å². The predicted octanol–water partition coefficient (Wildman–Crippen LogP) is 7.04. The molecular weight excluding hydrogens is 482 g/mol. The van der Waals surface area contributed by atoms with Crippen LogP contribution in [-0.2, 0) is 26.1 Å². The molecule has 1 aliphatic carbocycles. The third-order valence-corrected chi connectivity index (χ3v) is 8.04. The van der Waals surface area contributed by atoms with E-state index in [1.165, 1.54) is 0 Å². The highest BCUT2D eigenvalue weighted by atomic mass is 32.2. The van der Waals surface area contributed by atoms with E-state index >= 15 is 0 Å². The number of esters is 1. The summed E-state index contributed by atoms with van der Waals surface area (Å²) in [4.78, 5) is 12.3. The summed E-state index contributed by atoms with van der Waals surface area (Å²) in [6.45, 7) is 6.05. The van der Waals surface area contributed by atoms with Crippen LogP contribution < -0.4 is 0 Å². The Morgan fingerprint density at radius 2 is 1.46 bits per heavy atom. The van der Waals surface area contributed by atoms with Gasteiger partial charge in [0.25, 0.3) is 0 Å². The third kappa shape index (κ3) is 5.97. The number of nitrogens with zero attached hydrogens (tertiary/aromatic N) is 1. The fourth-order valence-electron chi connectivity index (χ4n) is 4.42. The van der Waals surface area contributed by atoms with E-state index < -0.39 is 16.6 Å². The van der Waals surface area contributed by atoms with Gasteiger partial charge in [0.1, 0.15) is 5.25 Å². The van der Waals surface area contributed by atoms with Crippen molar-refractivity contribution in [1.82, 2.24) is 5.16 Å². The van der Waals surface area contributed by atoms with E-state index in [9.17, 15) is 9.35 Å². The molecule has 0 radical (unpaired) electrons. The standard InChI is InChI=1S/C25H27NO4S.C6H6/c1-5-29-24(27)25(14-15-25)21-12-10-19(11-13-21)18-6-8-20(9-7-18)23-22(16(2)26-30-23)17(3)31(4)28;1-2-4-6-5-3-1/h6-13,17H,5,14-15H2,1-4H3;1-6H. The molecule has 1 saturated carbocycles. The molecule has 4 aromatic rings. The Balaban J connectivity index is 0.000000469. The molecule has 3 aromatic carbocycles. The van der Waals surface area contributed by atoms with E-state index in [4.69, 9.17) is 9.26 Å². The Morgan fingerprint density at radius 1 is 0.973 bits per heavy atom. The third-order valence-electron chi connectivity index (χ3n) is 6.81. The van der Waals surface area contributed by atoms with Gasteiger partial charge in [-0.15, -0.1) is 0 Å². The van der Waals surface area contributed by atoms with Gasteiger partial charge in [-0.3, -0.25) is 4.79 Å². The molecule has 0 bridgehead atoms. The lowest BCUT2D eigenvalue weighted by Gasteiger charge is -2.15. The quantitative estimate of drug-likeness (QED) is 0.195. The fraction of sp³-hybridized carbons (Fsp3) is 0.290. The summed E-state index contributed by atoms with van der Waals surface area (Å²) in [5.41, 5.74) is 5.30. The SMILES string of the molecule is CCOC(=O)C1(c2ccc(-c3ccc(-c4onc(C)c4C(C)[S+](C)[O-])cc3)cc2)CC1.c1ccccc1. The molecule has 0 N–H and O–H groups in total. The van der Waals surface area contributed by atoms with E-state index in [1.54, 1.807) is 6.26 Å². The van der Waals surface area contributed by atoms with Crippen LogP contribution in [0.15, 0.2) is 89.5 Å². The van der Waals surface area contributed by atoms with Gasteiger partial charge in [-0.2, -0.15) is 0 Å². The maximum atomic E-state index is 12.3. The van der Waals surface area contributed by atoms with Gasteiger partial charge < -0.3 is 13.8 Å². The summed E-state index contributed by atoms with van der Waals surface area (Å²) >= 11 is -1.01. The summed E-state index contributed by atoms with van der Waals surface area (Å²) in [6.07, 6.45) is 3.39. The Hall–Kier alpha value is -3.35. The van der Waals surface area contributed by atoms with Crippen LogP contribution in [0.5, 0.6) is 0 Å². The molecule has 192 valence electrons. The first-order valence-corrected chi connectivity index (χ1v) is 14.2. The normalized spacial score (nSPS) is 15.2. The van der Waals surface area contributed by atoms with Crippen LogP contribution in [0.25, 0.3) is 22.5 Å². The number of rotatable bonds is 7. The average molecular weight is 516 g/mol. The summed E-state index contributed by atoms with van der Waals surface area (Å²) in [5.74, 6) is 0.555. The second-order valence-corrected chi connectivity index (χ2v) is 11.0. The van der Waals surface area contributed by atoms with Gasteiger partial charge in [-0.05, 0) is 61.5 Å². The maximum Gasteiger partial charge on any atom is 0.316 e. The highest BCUT2D eigenvalue weighted by molar-refractivity contribution is 7.90. The minimum absolute atomic E-state index is 0.118. The first-order valence-electron chi connectivity index (χ1n) is 12.5. The van der Waals surface area contributed by atoms with Crippen LogP contribution in [0.4, 0.5) is 0 Å². The Kier molecular flexibility index (Phi) is 8.52. The van der Waals surface area contributed by atoms with Crippen LogP contribution in [-0.4, -0.2) is 28.5 Å². The molecule has 5 nitrogen and oxygen atoms in total. The van der Waals surface area contributed by atoms with Gasteiger partial charge >= 0.3 is 5.97 Å². The summed E-state index contributed by atoms with van der Waals surface area (Å²) in [6, 6.07) is 28.2. The van der Waals surface area contributed by atoms with Crippen LogP contribution in [0.2, 0.25) is 0 Å². The van der Waals surface area contributed by atoms with Gasteiger partial charge in [-0.25, -0.2) is 0 Å². The minimum atomic E-state index is -1.01. The topological polar surface area (TPSA) is 75.4 Å². The Morgan fingerprint density at radius 3 is 1.92 bits per heavy atom. The molecule has 2 atom stereocenters. The molecule has 0 spiro atoms. The molecular formula is C31H33NO4S. The minimum Gasteiger partial charge on any atom is -0.616 e. The van der Waals surface area contributed by atoms with Gasteiger partial charge in [0.15, 0.2) is 5.76 Å². The fourth-order valence-corrected chi connectivity index (χ4v) is 5.02. The van der Waals surface area contributed by atoms with E-state index in [2.05, 4.69) is 17.3 Å². The first kappa shape index (κ1) is 26.7. The monoisotopic (exact) mass is 515 g/mol. The number of aryl methyl sites for hydroxylation is 1. The van der Waals surface area contributed by atoms with Crippen LogP contribution in [0, 0.1) is 6.92 Å². The molecule has 1 heterocycles. The summed E-state index contributed by atoms with van der Waals surface area (Å²) < 4.78 is 22.8. The van der Waals surface area contributed by atoms with Gasteiger partial charge in [-0.1, -0.05) is 90.1 Å². The van der Waals surface area contributed by atoms with Crippen molar-refractivity contribution in [1.29, 1.82) is 0 Å². The van der Waals surface area contributed by atoms with Gasteiger partial charge in [0.2, 0.25) is 0 Å². The zero-order chi connectivity index (χ0) is 26.4. The summed E-state index contributed by atoms with van der Waals surface area (Å²) in [7, 11) is 0. The highest BCUT2D eigenvalue weighted by Gasteiger charge is 2.52. The zero-order valence-corrected chi connectivity index (χ0v) is 22.6. The van der Waals surface area contributed by atoms with Crippen molar-refractivity contribution in [3.05, 3.63) is 102 Å². The lowest BCUT2D eigenvalue weighted by molar-refractivity contribution is -0.146. The smallest absolute Gasteiger partial charge is 0.316 e. The van der Waals surface area contributed by atoms with Crippen molar-refractivity contribution in [2.45, 2.75) is 44.3 Å². The average Bonchev–Trinajstić information content (AvgIpc) is 3.66. The predicted molar refractivity (Wildman–Crippen MR) is 149 cm³/mol. The second kappa shape index (κ2) is 11.8. The number of ether oxygens (including phenoxy) is 1. The molecule has 1 fully saturated rings. The number of carbonyl (C=O) groups is 1. The molecule has 1 aliphatic rings. The Bertz CT molecular complexity index is 1270. The van der Waals surface area contributed by atoms with Crippen LogP contribution in [0.1, 0.15) is 48.8 Å².